The van der Waals surface area contributed by atoms with Crippen molar-refractivity contribution in [2.45, 2.75) is 142 Å². The van der Waals surface area contributed by atoms with Gasteiger partial charge in [0, 0.05) is 12.8 Å². The largest absolute Gasteiger partial charge is 0.480 e. The first kappa shape index (κ1) is 40.2. The lowest BCUT2D eigenvalue weighted by molar-refractivity contribution is -0.147. The van der Waals surface area contributed by atoms with E-state index >= 15 is 0 Å². The molecule has 4 N–H and O–H groups in total. The van der Waals surface area contributed by atoms with Crippen molar-refractivity contribution in [1.82, 2.24) is 5.32 Å². The zero-order valence-electron chi connectivity index (χ0n) is 25.8. The van der Waals surface area contributed by atoms with Gasteiger partial charge >= 0.3 is 19.8 Å². The van der Waals surface area contributed by atoms with E-state index in [0.29, 0.717) is 12.8 Å². The molecular formula is C30H56NO10P. The van der Waals surface area contributed by atoms with Gasteiger partial charge in [0.1, 0.15) is 12.7 Å². The van der Waals surface area contributed by atoms with Gasteiger partial charge in [-0.1, -0.05) is 96.6 Å². The topological polar surface area (TPSA) is 169 Å². The minimum Gasteiger partial charge on any atom is -0.480 e. The number of allylic oxidation sites excluding steroid dienone is 2. The average molecular weight is 622 g/mol. The Morgan fingerprint density at radius 3 is 1.90 bits per heavy atom. The van der Waals surface area contributed by atoms with Crippen LogP contribution in [-0.4, -0.2) is 64.9 Å². The van der Waals surface area contributed by atoms with Crippen molar-refractivity contribution >= 4 is 25.7 Å². The lowest BCUT2D eigenvalue weighted by Crippen LogP contribution is -2.43. The second-order valence-electron chi connectivity index (χ2n) is 10.6. The maximum atomic E-state index is 12.1. The van der Waals surface area contributed by atoms with Crippen molar-refractivity contribution < 1.29 is 47.8 Å². The summed E-state index contributed by atoms with van der Waals surface area (Å²) in [5.41, 5.74) is 0. The number of ether oxygens (including phenoxy) is 1. The average Bonchev–Trinajstić information content (AvgIpc) is 2.95. The van der Waals surface area contributed by atoms with E-state index in [1.165, 1.54) is 25.7 Å². The Kier molecular flexibility index (Phi) is 25.7. The number of aliphatic hydroxyl groups excluding tert-OH is 1. The summed E-state index contributed by atoms with van der Waals surface area (Å²) >= 11 is 0. The summed E-state index contributed by atoms with van der Waals surface area (Å²) in [5, 5.41) is 21.5. The summed E-state index contributed by atoms with van der Waals surface area (Å²) < 4.78 is 26.5. The molecule has 246 valence electrons. The van der Waals surface area contributed by atoms with Gasteiger partial charge in [0.25, 0.3) is 0 Å². The number of carboxylic acids is 1. The molecule has 0 aliphatic carbocycles. The van der Waals surface area contributed by atoms with Gasteiger partial charge < -0.3 is 25.2 Å². The van der Waals surface area contributed by atoms with Crippen molar-refractivity contribution in [2.24, 2.45) is 0 Å². The van der Waals surface area contributed by atoms with E-state index < -0.39 is 57.6 Å². The standard InChI is InChI=1S/C30H56NO10P/c1-3-5-7-9-11-13-14-15-17-19-21-28(33)31-27(30(35)36)25-41-42(37,38)40-24-26(32)23-39-29(34)22-20-18-16-12-10-8-6-4-2/h7,9,26-27,32H,3-6,8,10-25H2,1-2H3,(H,31,33)(H,35,36)(H,37,38)/b9-7-. The van der Waals surface area contributed by atoms with Gasteiger partial charge in [0.15, 0.2) is 6.04 Å². The van der Waals surface area contributed by atoms with Crippen LogP contribution in [-0.2, 0) is 32.7 Å². The number of aliphatic carboxylic acids is 1. The second-order valence-corrected chi connectivity index (χ2v) is 12.1. The number of aliphatic hydroxyl groups is 1. The molecule has 11 nitrogen and oxygen atoms in total. The Labute approximate surface area is 252 Å². The quantitative estimate of drug-likeness (QED) is 0.0326. The van der Waals surface area contributed by atoms with Crippen LogP contribution in [0.4, 0.5) is 0 Å². The number of hydrogen-bond donors (Lipinski definition) is 4. The Morgan fingerprint density at radius 1 is 0.738 bits per heavy atom. The molecule has 0 heterocycles. The fraction of sp³-hybridized carbons (Fsp3) is 0.833. The highest BCUT2D eigenvalue weighted by Crippen LogP contribution is 2.43. The Hall–Kier alpha value is -1.78. The summed E-state index contributed by atoms with van der Waals surface area (Å²) in [6.45, 7) is 2.42. The first-order valence-corrected chi connectivity index (χ1v) is 17.2. The molecule has 0 saturated heterocycles. The first-order chi connectivity index (χ1) is 20.1. The number of phosphoric ester groups is 1. The van der Waals surface area contributed by atoms with Crippen LogP contribution >= 0.6 is 7.82 Å². The van der Waals surface area contributed by atoms with Crippen LogP contribution in [0.1, 0.15) is 129 Å². The van der Waals surface area contributed by atoms with Crippen LogP contribution in [0, 0.1) is 0 Å². The number of phosphoric acid groups is 1. The van der Waals surface area contributed by atoms with Gasteiger partial charge in [0.05, 0.1) is 13.2 Å². The van der Waals surface area contributed by atoms with E-state index in [2.05, 4.69) is 35.8 Å². The maximum Gasteiger partial charge on any atom is 0.472 e. The highest BCUT2D eigenvalue weighted by Gasteiger charge is 2.28. The van der Waals surface area contributed by atoms with Gasteiger partial charge in [0.2, 0.25) is 5.91 Å². The second kappa shape index (κ2) is 26.8. The third-order valence-corrected chi connectivity index (χ3v) is 7.49. The minimum atomic E-state index is -4.73. The normalized spacial score (nSPS) is 14.4. The molecule has 0 aromatic carbocycles. The molecule has 0 aromatic heterocycles. The van der Waals surface area contributed by atoms with E-state index in [1.807, 2.05) is 0 Å². The zero-order chi connectivity index (χ0) is 31.5. The SMILES string of the molecule is CCC/C=C\CCCCCCCC(=O)NC(COP(=O)(O)OCC(O)COC(=O)CCCCCCCCCC)C(=O)O. The van der Waals surface area contributed by atoms with Crippen LogP contribution in [0.3, 0.4) is 0 Å². The highest BCUT2D eigenvalue weighted by atomic mass is 31.2. The number of unbranched alkanes of at least 4 members (excludes halogenated alkanes) is 13. The smallest absolute Gasteiger partial charge is 0.472 e. The van der Waals surface area contributed by atoms with Gasteiger partial charge in [-0.3, -0.25) is 18.6 Å². The van der Waals surface area contributed by atoms with Crippen LogP contribution in [0.2, 0.25) is 0 Å². The van der Waals surface area contributed by atoms with Crippen molar-refractivity contribution in [3.8, 4) is 0 Å². The maximum absolute atomic E-state index is 12.1. The molecule has 0 aliphatic heterocycles. The third kappa shape index (κ3) is 25.9. The first-order valence-electron chi connectivity index (χ1n) is 15.7. The van der Waals surface area contributed by atoms with Crippen LogP contribution in [0.5, 0.6) is 0 Å². The predicted octanol–water partition coefficient (Wildman–Crippen LogP) is 6.21. The summed E-state index contributed by atoms with van der Waals surface area (Å²) in [4.78, 5) is 45.3. The highest BCUT2D eigenvalue weighted by molar-refractivity contribution is 7.47. The number of carbonyl (C=O) groups excluding carboxylic acids is 2. The number of esters is 1. The Bertz CT molecular complexity index is 792. The molecule has 3 atom stereocenters. The minimum absolute atomic E-state index is 0.136. The van der Waals surface area contributed by atoms with Crippen molar-refractivity contribution in [3.05, 3.63) is 12.2 Å². The number of carbonyl (C=O) groups is 3. The molecule has 0 spiro atoms. The number of amides is 1. The van der Waals surface area contributed by atoms with Crippen molar-refractivity contribution in [2.75, 3.05) is 19.8 Å². The molecule has 0 fully saturated rings. The molecule has 0 radical (unpaired) electrons. The summed E-state index contributed by atoms with van der Waals surface area (Å²) in [6.07, 6.45) is 20.0. The Morgan fingerprint density at radius 2 is 1.29 bits per heavy atom. The van der Waals surface area contributed by atoms with Crippen LogP contribution in [0.15, 0.2) is 12.2 Å². The summed E-state index contributed by atoms with van der Waals surface area (Å²) in [6, 6.07) is -1.54. The molecule has 0 rings (SSSR count). The molecular weight excluding hydrogens is 565 g/mol. The fourth-order valence-electron chi connectivity index (χ4n) is 4.02. The van der Waals surface area contributed by atoms with E-state index in [9.17, 15) is 34.1 Å². The number of carboxylic acid groups (broad SMARTS) is 1. The lowest BCUT2D eigenvalue weighted by atomic mass is 10.1. The number of hydrogen-bond acceptors (Lipinski definition) is 8. The van der Waals surface area contributed by atoms with Gasteiger partial charge in [-0.25, -0.2) is 9.36 Å². The third-order valence-electron chi connectivity index (χ3n) is 6.54. The van der Waals surface area contributed by atoms with Crippen molar-refractivity contribution in [3.63, 3.8) is 0 Å². The molecule has 42 heavy (non-hydrogen) atoms. The van der Waals surface area contributed by atoms with Crippen molar-refractivity contribution in [1.29, 1.82) is 0 Å². The molecule has 3 unspecified atom stereocenters. The van der Waals surface area contributed by atoms with E-state index in [4.69, 9.17) is 9.26 Å². The fourth-order valence-corrected chi connectivity index (χ4v) is 4.79. The molecule has 0 saturated carbocycles. The summed E-state index contributed by atoms with van der Waals surface area (Å²) in [5.74, 6) is -2.40. The molecule has 0 aliphatic rings. The van der Waals surface area contributed by atoms with Gasteiger partial charge in [-0.2, -0.15) is 0 Å². The molecule has 0 bridgehead atoms. The van der Waals surface area contributed by atoms with Gasteiger partial charge in [-0.05, 0) is 32.1 Å². The van der Waals surface area contributed by atoms with Crippen LogP contribution < -0.4 is 5.32 Å². The zero-order valence-corrected chi connectivity index (χ0v) is 26.7. The van der Waals surface area contributed by atoms with Crippen LogP contribution in [0.25, 0.3) is 0 Å². The number of nitrogens with one attached hydrogen (secondary N) is 1. The summed E-state index contributed by atoms with van der Waals surface area (Å²) in [7, 11) is -4.73. The van der Waals surface area contributed by atoms with E-state index in [-0.39, 0.29) is 12.8 Å². The Balaban J connectivity index is 4.09. The number of rotatable bonds is 29. The van der Waals surface area contributed by atoms with Gasteiger partial charge in [-0.15, -0.1) is 0 Å². The molecule has 0 aromatic rings. The molecule has 12 heteroatoms. The lowest BCUT2D eigenvalue weighted by Gasteiger charge is -2.18. The monoisotopic (exact) mass is 621 g/mol. The van der Waals surface area contributed by atoms with E-state index in [1.54, 1.807) is 0 Å². The molecule has 1 amide bonds. The van der Waals surface area contributed by atoms with E-state index in [0.717, 1.165) is 64.2 Å². The predicted molar refractivity (Wildman–Crippen MR) is 162 cm³/mol.